The molecule has 3 N–H and O–H groups in total. The molecule has 162 valence electrons. The van der Waals surface area contributed by atoms with Crippen molar-refractivity contribution in [2.24, 2.45) is 0 Å². The number of nitrogens with one attached hydrogen (secondary N) is 1. The molecule has 0 aliphatic rings. The molecule has 0 aliphatic carbocycles. The molecular weight excluding hydrogens is 390 g/mol. The second-order valence-corrected chi connectivity index (χ2v) is 6.45. The first-order valence-corrected chi connectivity index (χ1v) is 9.71. The molecule has 0 spiro atoms. The Balaban J connectivity index is 2.10. The van der Waals surface area contributed by atoms with Crippen LogP contribution in [0.2, 0.25) is 0 Å². The smallest absolute Gasteiger partial charge is 0.407 e. The van der Waals surface area contributed by atoms with Crippen LogP contribution in [0.3, 0.4) is 0 Å². The molecule has 0 heterocycles. The molecule has 2 rings (SSSR count). The minimum absolute atomic E-state index is 0.0279. The van der Waals surface area contributed by atoms with E-state index in [9.17, 15) is 19.8 Å². The van der Waals surface area contributed by atoms with E-state index >= 15 is 0 Å². The fourth-order valence-corrected chi connectivity index (χ4v) is 2.81. The SMILES string of the molecule is CCOc1ccc(CC(NC(=O)OCc2ccccc2)C(O)C(=O)O)cc1OCC. The Kier molecular flexibility index (Phi) is 8.96. The van der Waals surface area contributed by atoms with Crippen molar-refractivity contribution >= 4 is 12.1 Å². The largest absolute Gasteiger partial charge is 0.490 e. The standard InChI is InChI=1S/C22H27NO7/c1-3-28-18-11-10-16(13-19(18)29-4-2)12-17(20(24)21(25)26)23-22(27)30-14-15-8-6-5-7-9-15/h5-11,13,17,20,24H,3-4,12,14H2,1-2H3,(H,23,27)(H,25,26). The van der Waals surface area contributed by atoms with E-state index in [-0.39, 0.29) is 13.0 Å². The van der Waals surface area contributed by atoms with Crippen LogP contribution in [0.25, 0.3) is 0 Å². The van der Waals surface area contributed by atoms with Crippen molar-refractivity contribution in [2.45, 2.75) is 39.0 Å². The van der Waals surface area contributed by atoms with Crippen molar-refractivity contribution in [1.82, 2.24) is 5.32 Å². The van der Waals surface area contributed by atoms with Gasteiger partial charge in [-0.25, -0.2) is 9.59 Å². The molecule has 1 amide bonds. The van der Waals surface area contributed by atoms with Crippen LogP contribution in [0.4, 0.5) is 4.79 Å². The van der Waals surface area contributed by atoms with Crippen molar-refractivity contribution in [3.8, 4) is 11.5 Å². The predicted molar refractivity (Wildman–Crippen MR) is 110 cm³/mol. The highest BCUT2D eigenvalue weighted by molar-refractivity contribution is 5.75. The van der Waals surface area contributed by atoms with Crippen molar-refractivity contribution in [2.75, 3.05) is 13.2 Å². The van der Waals surface area contributed by atoms with E-state index in [2.05, 4.69) is 5.32 Å². The number of ether oxygens (including phenoxy) is 3. The van der Waals surface area contributed by atoms with Crippen molar-refractivity contribution in [3.63, 3.8) is 0 Å². The maximum absolute atomic E-state index is 12.2. The van der Waals surface area contributed by atoms with Crippen LogP contribution in [0, 0.1) is 0 Å². The van der Waals surface area contributed by atoms with Gasteiger partial charge < -0.3 is 29.7 Å². The highest BCUT2D eigenvalue weighted by Crippen LogP contribution is 2.29. The van der Waals surface area contributed by atoms with Gasteiger partial charge in [-0.3, -0.25) is 0 Å². The molecule has 0 saturated carbocycles. The first kappa shape index (κ1) is 23.0. The zero-order chi connectivity index (χ0) is 21.9. The average Bonchev–Trinajstić information content (AvgIpc) is 2.74. The number of carboxylic acids is 1. The van der Waals surface area contributed by atoms with E-state index in [1.54, 1.807) is 30.3 Å². The van der Waals surface area contributed by atoms with Crippen molar-refractivity contribution < 1.29 is 34.0 Å². The van der Waals surface area contributed by atoms with Crippen molar-refractivity contribution in [1.29, 1.82) is 0 Å². The first-order chi connectivity index (χ1) is 14.4. The van der Waals surface area contributed by atoms with Crippen LogP contribution in [-0.2, 0) is 22.6 Å². The highest BCUT2D eigenvalue weighted by Gasteiger charge is 2.28. The third-order valence-corrected chi connectivity index (χ3v) is 4.21. The van der Waals surface area contributed by atoms with Crippen LogP contribution in [0.15, 0.2) is 48.5 Å². The van der Waals surface area contributed by atoms with Gasteiger partial charge in [-0.15, -0.1) is 0 Å². The first-order valence-electron chi connectivity index (χ1n) is 9.71. The molecule has 8 nitrogen and oxygen atoms in total. The molecule has 0 radical (unpaired) electrons. The normalized spacial score (nSPS) is 12.5. The quantitative estimate of drug-likeness (QED) is 0.515. The van der Waals surface area contributed by atoms with Gasteiger partial charge in [0.1, 0.15) is 6.61 Å². The zero-order valence-electron chi connectivity index (χ0n) is 17.0. The topological polar surface area (TPSA) is 114 Å². The van der Waals surface area contributed by atoms with Crippen molar-refractivity contribution in [3.05, 3.63) is 59.7 Å². The summed E-state index contributed by atoms with van der Waals surface area (Å²) in [4.78, 5) is 23.5. The van der Waals surface area contributed by atoms with Gasteiger partial charge in [0, 0.05) is 0 Å². The second kappa shape index (κ2) is 11.7. The van der Waals surface area contributed by atoms with E-state index < -0.39 is 24.2 Å². The Morgan fingerprint density at radius 1 is 0.967 bits per heavy atom. The summed E-state index contributed by atoms with van der Waals surface area (Å²) in [5.74, 6) is -0.375. The number of carboxylic acid groups (broad SMARTS) is 1. The fraction of sp³-hybridized carbons (Fsp3) is 0.364. The second-order valence-electron chi connectivity index (χ2n) is 6.45. The minimum Gasteiger partial charge on any atom is -0.490 e. The Labute approximate surface area is 175 Å². The number of carbonyl (C=O) groups is 2. The Morgan fingerprint density at radius 3 is 2.27 bits per heavy atom. The van der Waals surface area contributed by atoms with Gasteiger partial charge in [0.05, 0.1) is 19.3 Å². The fourth-order valence-electron chi connectivity index (χ4n) is 2.81. The molecule has 0 aromatic heterocycles. The van der Waals surface area contributed by atoms with Gasteiger partial charge >= 0.3 is 12.1 Å². The summed E-state index contributed by atoms with van der Waals surface area (Å²) in [6.07, 6.45) is -2.57. The molecule has 0 aliphatic heterocycles. The minimum atomic E-state index is -1.81. The number of benzene rings is 2. The van der Waals surface area contributed by atoms with Gasteiger partial charge in [0.25, 0.3) is 0 Å². The molecular formula is C22H27NO7. The maximum atomic E-state index is 12.2. The van der Waals surface area contributed by atoms with Gasteiger partial charge in [-0.2, -0.15) is 0 Å². The molecule has 2 aromatic rings. The molecule has 8 heteroatoms. The molecule has 0 saturated heterocycles. The molecule has 0 bridgehead atoms. The number of carbonyl (C=O) groups excluding carboxylic acids is 1. The van der Waals surface area contributed by atoms with E-state index in [4.69, 9.17) is 14.2 Å². The molecule has 0 fully saturated rings. The summed E-state index contributed by atoms with van der Waals surface area (Å²) in [5, 5.41) is 21.7. The summed E-state index contributed by atoms with van der Waals surface area (Å²) in [5.41, 5.74) is 1.45. The van der Waals surface area contributed by atoms with Crippen LogP contribution in [-0.4, -0.2) is 47.6 Å². The lowest BCUT2D eigenvalue weighted by Crippen LogP contribution is -2.48. The molecule has 2 atom stereocenters. The van der Waals surface area contributed by atoms with Gasteiger partial charge in [-0.05, 0) is 43.5 Å². The lowest BCUT2D eigenvalue weighted by molar-refractivity contribution is -0.148. The number of aliphatic carboxylic acids is 1. The maximum Gasteiger partial charge on any atom is 0.407 e. The lowest BCUT2D eigenvalue weighted by Gasteiger charge is -2.22. The molecule has 2 aromatic carbocycles. The monoisotopic (exact) mass is 417 g/mol. The number of aliphatic hydroxyl groups is 1. The van der Waals surface area contributed by atoms with Crippen LogP contribution in [0.1, 0.15) is 25.0 Å². The lowest BCUT2D eigenvalue weighted by atomic mass is 10.0. The summed E-state index contributed by atoms with van der Waals surface area (Å²) < 4.78 is 16.2. The zero-order valence-corrected chi connectivity index (χ0v) is 17.0. The van der Waals surface area contributed by atoms with E-state index in [1.165, 1.54) is 0 Å². The van der Waals surface area contributed by atoms with Crippen LogP contribution >= 0.6 is 0 Å². The third-order valence-electron chi connectivity index (χ3n) is 4.21. The number of hydrogen-bond acceptors (Lipinski definition) is 6. The Bertz CT molecular complexity index is 825. The van der Waals surface area contributed by atoms with E-state index in [1.807, 2.05) is 32.0 Å². The van der Waals surface area contributed by atoms with Gasteiger partial charge in [0.15, 0.2) is 17.6 Å². The summed E-state index contributed by atoms with van der Waals surface area (Å²) in [6.45, 7) is 4.61. The summed E-state index contributed by atoms with van der Waals surface area (Å²) in [6, 6.07) is 13.1. The van der Waals surface area contributed by atoms with E-state index in [0.717, 1.165) is 5.56 Å². The highest BCUT2D eigenvalue weighted by atomic mass is 16.5. The van der Waals surface area contributed by atoms with Gasteiger partial charge in [-0.1, -0.05) is 36.4 Å². The number of aliphatic hydroxyl groups excluding tert-OH is 1. The number of amides is 1. The number of hydrogen-bond donors (Lipinski definition) is 3. The number of rotatable bonds is 11. The van der Waals surface area contributed by atoms with E-state index in [0.29, 0.717) is 30.3 Å². The molecule has 2 unspecified atom stereocenters. The molecule has 30 heavy (non-hydrogen) atoms. The Hall–Kier alpha value is -3.26. The summed E-state index contributed by atoms with van der Waals surface area (Å²) >= 11 is 0. The number of alkyl carbamates (subject to hydrolysis) is 1. The Morgan fingerprint density at radius 2 is 1.63 bits per heavy atom. The average molecular weight is 417 g/mol. The predicted octanol–water partition coefficient (Wildman–Crippen LogP) is 2.77. The summed E-state index contributed by atoms with van der Waals surface area (Å²) in [7, 11) is 0. The van der Waals surface area contributed by atoms with Gasteiger partial charge in [0.2, 0.25) is 0 Å². The van der Waals surface area contributed by atoms with Crippen LogP contribution < -0.4 is 14.8 Å². The third kappa shape index (κ3) is 6.97. The van der Waals surface area contributed by atoms with Crippen LogP contribution in [0.5, 0.6) is 11.5 Å².